The molecule has 0 bridgehead atoms. The van der Waals surface area contributed by atoms with Crippen LogP contribution in [0.4, 0.5) is 4.39 Å². The van der Waals surface area contributed by atoms with Gasteiger partial charge in [-0.2, -0.15) is 0 Å². The number of benzene rings is 1. The predicted octanol–water partition coefficient (Wildman–Crippen LogP) is 1.84. The molecule has 0 aromatic heterocycles. The van der Waals surface area contributed by atoms with Gasteiger partial charge >= 0.3 is 0 Å². The van der Waals surface area contributed by atoms with E-state index >= 15 is 0 Å². The van der Waals surface area contributed by atoms with Crippen LogP contribution in [0.5, 0.6) is 5.75 Å². The van der Waals surface area contributed by atoms with Crippen LogP contribution in [0.25, 0.3) is 0 Å². The van der Waals surface area contributed by atoms with E-state index in [1.165, 1.54) is 12.1 Å². The summed E-state index contributed by atoms with van der Waals surface area (Å²) < 4.78 is 18.1. The molecule has 1 aliphatic heterocycles. The van der Waals surface area contributed by atoms with Gasteiger partial charge in [-0.1, -0.05) is 0 Å². The Balaban J connectivity index is 0.00000200. The minimum atomic E-state index is -0.277. The number of nitrogens with zero attached hydrogens (tertiary/aromatic N) is 1. The van der Waals surface area contributed by atoms with Crippen molar-refractivity contribution in [1.29, 1.82) is 0 Å². The van der Waals surface area contributed by atoms with Crippen LogP contribution in [0.15, 0.2) is 24.3 Å². The minimum Gasteiger partial charge on any atom is -0.494 e. The van der Waals surface area contributed by atoms with Crippen molar-refractivity contribution in [2.45, 2.75) is 12.8 Å². The van der Waals surface area contributed by atoms with Gasteiger partial charge in [0.1, 0.15) is 11.6 Å². The lowest BCUT2D eigenvalue weighted by atomic mass is 10.2. The summed E-state index contributed by atoms with van der Waals surface area (Å²) in [6.07, 6.45) is 1.18. The Morgan fingerprint density at radius 2 is 1.90 bits per heavy atom. The molecule has 2 rings (SSSR count). The van der Waals surface area contributed by atoms with Gasteiger partial charge in [-0.15, -0.1) is 12.4 Å². The number of amides is 1. The molecule has 112 valence electrons. The fourth-order valence-electron chi connectivity index (χ4n) is 2.02. The first-order valence-corrected chi connectivity index (χ1v) is 6.62. The zero-order valence-corrected chi connectivity index (χ0v) is 12.1. The summed E-state index contributed by atoms with van der Waals surface area (Å²) in [6, 6.07) is 5.91. The van der Waals surface area contributed by atoms with E-state index in [2.05, 4.69) is 5.32 Å². The number of nitrogens with one attached hydrogen (secondary N) is 1. The van der Waals surface area contributed by atoms with E-state index in [0.717, 1.165) is 26.2 Å². The SMILES string of the molecule is Cl.O=C(CCCOc1ccc(F)cc1)N1CCNCC1. The first kappa shape index (κ1) is 16.7. The van der Waals surface area contributed by atoms with E-state index < -0.39 is 0 Å². The third-order valence-electron chi connectivity index (χ3n) is 3.09. The molecule has 1 saturated heterocycles. The van der Waals surface area contributed by atoms with E-state index in [-0.39, 0.29) is 24.1 Å². The van der Waals surface area contributed by atoms with Gasteiger partial charge in [0.15, 0.2) is 0 Å². The Hall–Kier alpha value is -1.33. The van der Waals surface area contributed by atoms with Crippen molar-refractivity contribution in [3.63, 3.8) is 0 Å². The van der Waals surface area contributed by atoms with Crippen LogP contribution in [0.2, 0.25) is 0 Å². The molecule has 0 saturated carbocycles. The van der Waals surface area contributed by atoms with Gasteiger partial charge in [0.2, 0.25) is 5.91 Å². The van der Waals surface area contributed by atoms with E-state index in [1.807, 2.05) is 4.90 Å². The lowest BCUT2D eigenvalue weighted by Crippen LogP contribution is -2.46. The Bertz CT molecular complexity index is 408. The van der Waals surface area contributed by atoms with Crippen molar-refractivity contribution in [2.75, 3.05) is 32.8 Å². The van der Waals surface area contributed by atoms with Crippen molar-refractivity contribution in [1.82, 2.24) is 10.2 Å². The molecular weight excluding hydrogens is 283 g/mol. The van der Waals surface area contributed by atoms with Gasteiger partial charge in [-0.3, -0.25) is 4.79 Å². The molecule has 0 radical (unpaired) electrons. The van der Waals surface area contributed by atoms with E-state index in [1.54, 1.807) is 12.1 Å². The first-order valence-electron chi connectivity index (χ1n) is 6.62. The van der Waals surface area contributed by atoms with Crippen molar-refractivity contribution < 1.29 is 13.9 Å². The maximum absolute atomic E-state index is 12.7. The second-order valence-electron chi connectivity index (χ2n) is 4.54. The molecule has 4 nitrogen and oxygen atoms in total. The molecule has 0 aliphatic carbocycles. The zero-order valence-electron chi connectivity index (χ0n) is 11.3. The molecule has 0 atom stereocenters. The molecule has 6 heteroatoms. The highest BCUT2D eigenvalue weighted by atomic mass is 35.5. The normalized spacial score (nSPS) is 14.6. The summed E-state index contributed by atoms with van der Waals surface area (Å²) >= 11 is 0. The van der Waals surface area contributed by atoms with Gasteiger partial charge in [0.25, 0.3) is 0 Å². The summed E-state index contributed by atoms with van der Waals surface area (Å²) in [4.78, 5) is 13.7. The monoisotopic (exact) mass is 302 g/mol. The third-order valence-corrected chi connectivity index (χ3v) is 3.09. The average molecular weight is 303 g/mol. The van der Waals surface area contributed by atoms with Crippen LogP contribution in [-0.4, -0.2) is 43.6 Å². The summed E-state index contributed by atoms with van der Waals surface area (Å²) in [5, 5.41) is 3.21. The molecule has 0 unspecified atom stereocenters. The van der Waals surface area contributed by atoms with Crippen LogP contribution in [0, 0.1) is 5.82 Å². The second-order valence-corrected chi connectivity index (χ2v) is 4.54. The number of rotatable bonds is 5. The molecule has 20 heavy (non-hydrogen) atoms. The maximum atomic E-state index is 12.7. The van der Waals surface area contributed by atoms with Crippen LogP contribution >= 0.6 is 12.4 Å². The minimum absolute atomic E-state index is 0. The quantitative estimate of drug-likeness (QED) is 0.844. The average Bonchev–Trinajstić information content (AvgIpc) is 2.46. The highest BCUT2D eigenvalue weighted by Crippen LogP contribution is 2.11. The highest BCUT2D eigenvalue weighted by Gasteiger charge is 2.15. The van der Waals surface area contributed by atoms with Crippen LogP contribution in [-0.2, 0) is 4.79 Å². The molecule has 1 amide bonds. The number of hydrogen-bond donors (Lipinski definition) is 1. The molecule has 1 aromatic rings. The number of piperazine rings is 1. The smallest absolute Gasteiger partial charge is 0.222 e. The van der Waals surface area contributed by atoms with Gasteiger partial charge in [0.05, 0.1) is 6.61 Å². The Kier molecular flexibility index (Phi) is 7.33. The number of carbonyl (C=O) groups excluding carboxylic acids is 1. The number of hydrogen-bond acceptors (Lipinski definition) is 3. The molecular formula is C14H20ClFN2O2. The van der Waals surface area contributed by atoms with Crippen molar-refractivity contribution in [2.24, 2.45) is 0 Å². The maximum Gasteiger partial charge on any atom is 0.222 e. The first-order chi connectivity index (χ1) is 9.25. The Morgan fingerprint density at radius 1 is 1.25 bits per heavy atom. The fourth-order valence-corrected chi connectivity index (χ4v) is 2.02. The van der Waals surface area contributed by atoms with E-state index in [0.29, 0.717) is 25.2 Å². The van der Waals surface area contributed by atoms with Gasteiger partial charge in [-0.05, 0) is 30.7 Å². The van der Waals surface area contributed by atoms with Crippen LogP contribution in [0.3, 0.4) is 0 Å². The van der Waals surface area contributed by atoms with Crippen molar-refractivity contribution >= 4 is 18.3 Å². The number of halogens is 2. The van der Waals surface area contributed by atoms with Crippen LogP contribution < -0.4 is 10.1 Å². The van der Waals surface area contributed by atoms with Crippen LogP contribution in [0.1, 0.15) is 12.8 Å². The van der Waals surface area contributed by atoms with Crippen molar-refractivity contribution in [3.05, 3.63) is 30.1 Å². The van der Waals surface area contributed by atoms with Gasteiger partial charge in [0, 0.05) is 32.6 Å². The summed E-state index contributed by atoms with van der Waals surface area (Å²) in [6.45, 7) is 3.80. The van der Waals surface area contributed by atoms with E-state index in [4.69, 9.17) is 4.74 Å². The highest BCUT2D eigenvalue weighted by molar-refractivity contribution is 5.85. The Morgan fingerprint density at radius 3 is 2.55 bits per heavy atom. The zero-order chi connectivity index (χ0) is 13.5. The molecule has 1 aromatic carbocycles. The molecule has 1 heterocycles. The molecule has 1 aliphatic rings. The topological polar surface area (TPSA) is 41.6 Å². The molecule has 1 N–H and O–H groups in total. The molecule has 0 spiro atoms. The van der Waals surface area contributed by atoms with E-state index in [9.17, 15) is 9.18 Å². The number of carbonyl (C=O) groups is 1. The summed E-state index contributed by atoms with van der Waals surface area (Å²) in [7, 11) is 0. The van der Waals surface area contributed by atoms with Gasteiger partial charge < -0.3 is 15.0 Å². The second kappa shape index (κ2) is 8.76. The Labute approximate surface area is 124 Å². The third kappa shape index (κ3) is 5.35. The standard InChI is InChI=1S/C14H19FN2O2.ClH/c15-12-3-5-13(6-4-12)19-11-1-2-14(18)17-9-7-16-8-10-17;/h3-6,16H,1-2,7-11H2;1H. The summed E-state index contributed by atoms with van der Waals surface area (Å²) in [5.74, 6) is 0.543. The summed E-state index contributed by atoms with van der Waals surface area (Å²) in [5.41, 5.74) is 0. The fraction of sp³-hybridized carbons (Fsp3) is 0.500. The van der Waals surface area contributed by atoms with Gasteiger partial charge in [-0.25, -0.2) is 4.39 Å². The molecule has 1 fully saturated rings. The predicted molar refractivity (Wildman–Crippen MR) is 77.8 cm³/mol. The lowest BCUT2D eigenvalue weighted by molar-refractivity contribution is -0.132. The largest absolute Gasteiger partial charge is 0.494 e. The van der Waals surface area contributed by atoms with Crippen molar-refractivity contribution in [3.8, 4) is 5.75 Å². The lowest BCUT2D eigenvalue weighted by Gasteiger charge is -2.27. The number of ether oxygens (including phenoxy) is 1.